The Balaban J connectivity index is 1.80. The van der Waals surface area contributed by atoms with E-state index in [1.165, 1.54) is 5.56 Å². The van der Waals surface area contributed by atoms with E-state index in [1.54, 1.807) is 6.20 Å². The van der Waals surface area contributed by atoms with E-state index < -0.39 is 5.97 Å². The smallest absolute Gasteiger partial charge is 0.305 e. The number of benzene rings is 2. The first-order valence-electron chi connectivity index (χ1n) is 12.0. The van der Waals surface area contributed by atoms with Gasteiger partial charge in [-0.3, -0.25) is 4.79 Å². The molecule has 4 rings (SSSR count). The van der Waals surface area contributed by atoms with Gasteiger partial charge in [0, 0.05) is 29.3 Å². The molecule has 2 heterocycles. The summed E-state index contributed by atoms with van der Waals surface area (Å²) in [6.07, 6.45) is 3.35. The van der Waals surface area contributed by atoms with Crippen molar-refractivity contribution in [3.8, 4) is 22.5 Å². The normalized spacial score (nSPS) is 13.1. The highest BCUT2D eigenvalue weighted by Gasteiger charge is 2.28. The van der Waals surface area contributed by atoms with Gasteiger partial charge in [0.05, 0.1) is 25.0 Å². The molecule has 0 radical (unpaired) electrons. The van der Waals surface area contributed by atoms with E-state index in [0.29, 0.717) is 25.3 Å². The van der Waals surface area contributed by atoms with E-state index >= 15 is 0 Å². The molecule has 2 aromatic heterocycles. The maximum atomic E-state index is 10.8. The Bertz CT molecular complexity index is 1280. The molecule has 6 heteroatoms. The minimum absolute atomic E-state index is 0.0276. The number of nitrogens with zero attached hydrogens (tertiary/aromatic N) is 1. The number of fused-ring (bicyclic) bond motifs is 1. The lowest BCUT2D eigenvalue weighted by atomic mass is 9.83. The van der Waals surface area contributed by atoms with Gasteiger partial charge in [0.1, 0.15) is 5.76 Å². The quantitative estimate of drug-likeness (QED) is 0.271. The predicted molar refractivity (Wildman–Crippen MR) is 138 cm³/mol. The van der Waals surface area contributed by atoms with Crippen molar-refractivity contribution in [3.05, 3.63) is 78.0 Å². The van der Waals surface area contributed by atoms with Crippen molar-refractivity contribution in [1.82, 2.24) is 4.98 Å². The molecule has 0 spiro atoms. The zero-order valence-electron chi connectivity index (χ0n) is 20.3. The molecule has 1 atom stereocenters. The summed E-state index contributed by atoms with van der Waals surface area (Å²) in [4.78, 5) is 15.4. The number of pyridine rings is 1. The molecule has 35 heavy (non-hydrogen) atoms. The summed E-state index contributed by atoms with van der Waals surface area (Å²) in [7, 11) is 0. The van der Waals surface area contributed by atoms with Crippen LogP contribution < -0.4 is 5.73 Å². The van der Waals surface area contributed by atoms with Crippen LogP contribution in [0.2, 0.25) is 0 Å². The Morgan fingerprint density at radius 3 is 2.49 bits per heavy atom. The topological polar surface area (TPSA) is 98.6 Å². The highest BCUT2D eigenvalue weighted by Crippen LogP contribution is 2.42. The van der Waals surface area contributed by atoms with Crippen molar-refractivity contribution in [2.24, 2.45) is 11.1 Å². The Morgan fingerprint density at radius 2 is 1.83 bits per heavy atom. The van der Waals surface area contributed by atoms with Crippen LogP contribution in [0.1, 0.15) is 31.4 Å². The molecular formula is C29H32N2O4. The number of hydrogen-bond donors (Lipinski definition) is 2. The molecule has 0 fully saturated rings. The number of rotatable bonds is 11. The fourth-order valence-corrected chi connectivity index (χ4v) is 4.33. The van der Waals surface area contributed by atoms with E-state index in [9.17, 15) is 4.79 Å². The van der Waals surface area contributed by atoms with Crippen LogP contribution in [0.25, 0.3) is 33.6 Å². The third-order valence-electron chi connectivity index (χ3n) is 6.39. The fraction of sp³-hybridized carbons (Fsp3) is 0.310. The van der Waals surface area contributed by atoms with Crippen molar-refractivity contribution in [2.75, 3.05) is 19.8 Å². The van der Waals surface area contributed by atoms with Gasteiger partial charge in [0.2, 0.25) is 5.71 Å². The van der Waals surface area contributed by atoms with Crippen LogP contribution in [0.5, 0.6) is 0 Å². The molecular weight excluding hydrogens is 440 g/mol. The molecule has 0 bridgehead atoms. The SMILES string of the molecule is CCc1ccc(-c2c(-c3ccccc3)oc3nccc(CC(C)(CN)COCCC(=O)O)c23)cc1. The van der Waals surface area contributed by atoms with Crippen molar-refractivity contribution in [3.63, 3.8) is 0 Å². The third-order valence-corrected chi connectivity index (χ3v) is 6.39. The summed E-state index contributed by atoms with van der Waals surface area (Å²) in [5, 5.41) is 9.87. The van der Waals surface area contributed by atoms with Crippen molar-refractivity contribution < 1.29 is 19.1 Å². The van der Waals surface area contributed by atoms with Gasteiger partial charge in [-0.15, -0.1) is 0 Å². The Kier molecular flexibility index (Phi) is 7.63. The first-order chi connectivity index (χ1) is 16.9. The zero-order valence-corrected chi connectivity index (χ0v) is 20.3. The number of aromatic nitrogens is 1. The number of nitrogens with two attached hydrogens (primary N) is 1. The van der Waals surface area contributed by atoms with E-state index in [4.69, 9.17) is 20.0 Å². The molecule has 182 valence electrons. The number of aryl methyl sites for hydroxylation is 1. The fourth-order valence-electron chi connectivity index (χ4n) is 4.33. The molecule has 0 aliphatic carbocycles. The molecule has 0 aliphatic heterocycles. The summed E-state index contributed by atoms with van der Waals surface area (Å²) < 4.78 is 12.1. The molecule has 2 aromatic carbocycles. The van der Waals surface area contributed by atoms with Gasteiger partial charge in [-0.05, 0) is 35.6 Å². The molecule has 1 unspecified atom stereocenters. The molecule has 0 aliphatic rings. The largest absolute Gasteiger partial charge is 0.481 e. The number of aliphatic carboxylic acids is 1. The van der Waals surface area contributed by atoms with Gasteiger partial charge < -0.3 is 20.0 Å². The molecule has 0 saturated heterocycles. The summed E-state index contributed by atoms with van der Waals surface area (Å²) >= 11 is 0. The van der Waals surface area contributed by atoms with E-state index in [2.05, 4.69) is 43.1 Å². The first kappa shape index (κ1) is 24.6. The minimum Gasteiger partial charge on any atom is -0.481 e. The van der Waals surface area contributed by atoms with Crippen LogP contribution in [0, 0.1) is 5.41 Å². The summed E-state index contributed by atoms with van der Waals surface area (Å²) in [6.45, 7) is 5.13. The van der Waals surface area contributed by atoms with Gasteiger partial charge in [0.25, 0.3) is 0 Å². The highest BCUT2D eigenvalue weighted by molar-refractivity contribution is 6.02. The first-order valence-corrected chi connectivity index (χ1v) is 12.0. The van der Waals surface area contributed by atoms with E-state index in [0.717, 1.165) is 39.8 Å². The second-order valence-electron chi connectivity index (χ2n) is 9.26. The Labute approximate surface area is 205 Å². The van der Waals surface area contributed by atoms with Crippen LogP contribution >= 0.6 is 0 Å². The van der Waals surface area contributed by atoms with Gasteiger partial charge in [-0.25, -0.2) is 4.98 Å². The summed E-state index contributed by atoms with van der Waals surface area (Å²) in [6, 6.07) is 20.7. The lowest BCUT2D eigenvalue weighted by Gasteiger charge is -2.28. The van der Waals surface area contributed by atoms with Gasteiger partial charge in [0.15, 0.2) is 0 Å². The van der Waals surface area contributed by atoms with Gasteiger partial charge in [-0.1, -0.05) is 68.4 Å². The lowest BCUT2D eigenvalue weighted by molar-refractivity contribution is -0.138. The lowest BCUT2D eigenvalue weighted by Crippen LogP contribution is -2.34. The summed E-state index contributed by atoms with van der Waals surface area (Å²) in [5.41, 5.74) is 11.8. The van der Waals surface area contributed by atoms with E-state index in [-0.39, 0.29) is 18.4 Å². The van der Waals surface area contributed by atoms with Crippen LogP contribution in [-0.2, 0) is 22.4 Å². The number of ether oxygens (including phenoxy) is 1. The molecule has 4 aromatic rings. The van der Waals surface area contributed by atoms with Gasteiger partial charge >= 0.3 is 5.97 Å². The summed E-state index contributed by atoms with van der Waals surface area (Å²) in [5.74, 6) is -0.0853. The zero-order chi connectivity index (χ0) is 24.8. The van der Waals surface area contributed by atoms with Crippen LogP contribution in [0.3, 0.4) is 0 Å². The second-order valence-corrected chi connectivity index (χ2v) is 9.26. The average Bonchev–Trinajstić information content (AvgIpc) is 3.28. The molecule has 0 saturated carbocycles. The van der Waals surface area contributed by atoms with Crippen LogP contribution in [0.15, 0.2) is 71.3 Å². The van der Waals surface area contributed by atoms with Crippen LogP contribution in [0.4, 0.5) is 0 Å². The van der Waals surface area contributed by atoms with Crippen molar-refractivity contribution in [1.29, 1.82) is 0 Å². The maximum absolute atomic E-state index is 10.8. The van der Waals surface area contributed by atoms with Crippen molar-refractivity contribution in [2.45, 2.75) is 33.1 Å². The Hall–Kier alpha value is -3.48. The molecule has 0 amide bonds. The van der Waals surface area contributed by atoms with Crippen molar-refractivity contribution >= 4 is 17.1 Å². The van der Waals surface area contributed by atoms with Gasteiger partial charge in [-0.2, -0.15) is 0 Å². The third kappa shape index (κ3) is 5.61. The number of hydrogen-bond acceptors (Lipinski definition) is 5. The number of furan rings is 1. The van der Waals surface area contributed by atoms with Crippen LogP contribution in [-0.4, -0.2) is 35.8 Å². The predicted octanol–water partition coefficient (Wildman–Crippen LogP) is 5.72. The monoisotopic (exact) mass is 472 g/mol. The maximum Gasteiger partial charge on any atom is 0.305 e. The standard InChI is InChI=1S/C29H32N2O4/c1-3-20-9-11-21(12-10-20)25-26-23(17-29(2,18-30)19-34-16-14-24(32)33)13-15-31-28(26)35-27(25)22-7-5-4-6-8-22/h4-13,15H,3,14,16-19,30H2,1-2H3,(H,32,33). The molecule has 6 nitrogen and oxygen atoms in total. The number of carbonyl (C=O) groups is 1. The van der Waals surface area contributed by atoms with E-state index in [1.807, 2.05) is 36.4 Å². The number of carboxylic acids is 1. The Morgan fingerprint density at radius 1 is 1.09 bits per heavy atom. The minimum atomic E-state index is -0.874. The second kappa shape index (κ2) is 10.8. The number of carboxylic acid groups (broad SMARTS) is 1. The highest BCUT2D eigenvalue weighted by atomic mass is 16.5. The molecule has 3 N–H and O–H groups in total. The average molecular weight is 473 g/mol.